The molecule has 0 radical (unpaired) electrons. The average Bonchev–Trinajstić information content (AvgIpc) is 3.18. The predicted octanol–water partition coefficient (Wildman–Crippen LogP) is 4.82. The van der Waals surface area contributed by atoms with Gasteiger partial charge in [0.25, 0.3) is 11.8 Å². The van der Waals surface area contributed by atoms with Crippen LogP contribution in [0.5, 0.6) is 0 Å². The first-order valence-electron chi connectivity index (χ1n) is 12.9. The van der Waals surface area contributed by atoms with E-state index in [-0.39, 0.29) is 30.3 Å². The van der Waals surface area contributed by atoms with Crippen LogP contribution in [0.1, 0.15) is 78.5 Å². The zero-order chi connectivity index (χ0) is 24.5. The van der Waals surface area contributed by atoms with E-state index in [1.165, 1.54) is 19.3 Å². The highest BCUT2D eigenvalue weighted by atomic mass is 16.2. The topological polar surface area (TPSA) is 90.5 Å². The van der Waals surface area contributed by atoms with E-state index in [0.717, 1.165) is 57.3 Å². The van der Waals surface area contributed by atoms with Crippen molar-refractivity contribution in [3.05, 3.63) is 59.7 Å². The van der Waals surface area contributed by atoms with Crippen LogP contribution in [-0.2, 0) is 4.79 Å². The quantitative estimate of drug-likeness (QED) is 0.535. The average molecular weight is 477 g/mol. The Morgan fingerprint density at radius 1 is 0.771 bits per heavy atom. The van der Waals surface area contributed by atoms with Crippen molar-refractivity contribution in [2.45, 2.75) is 63.8 Å². The molecule has 0 aromatic heterocycles. The van der Waals surface area contributed by atoms with Gasteiger partial charge in [-0.1, -0.05) is 38.2 Å². The van der Waals surface area contributed by atoms with Crippen molar-refractivity contribution in [2.75, 3.05) is 30.3 Å². The minimum atomic E-state index is -0.209. The first-order chi connectivity index (χ1) is 17.1. The maximum absolute atomic E-state index is 12.7. The van der Waals surface area contributed by atoms with Crippen LogP contribution in [0.25, 0.3) is 0 Å². The number of nitrogens with zero attached hydrogens (tertiary/aromatic N) is 1. The Morgan fingerprint density at radius 2 is 1.46 bits per heavy atom. The van der Waals surface area contributed by atoms with Crippen LogP contribution < -0.4 is 16.0 Å². The Balaban J connectivity index is 1.25. The van der Waals surface area contributed by atoms with E-state index < -0.39 is 0 Å². The number of amides is 3. The fraction of sp³-hybridized carbons (Fsp3) is 0.464. The highest BCUT2D eigenvalue weighted by Crippen LogP contribution is 2.19. The van der Waals surface area contributed by atoms with Crippen molar-refractivity contribution < 1.29 is 14.4 Å². The number of anilines is 2. The van der Waals surface area contributed by atoms with E-state index in [9.17, 15) is 14.4 Å². The second kappa shape index (κ2) is 12.4. The van der Waals surface area contributed by atoms with Crippen molar-refractivity contribution in [1.82, 2.24) is 10.2 Å². The molecule has 2 aromatic carbocycles. The molecule has 0 atom stereocenters. The molecule has 4 rings (SSSR count). The van der Waals surface area contributed by atoms with Crippen LogP contribution >= 0.6 is 0 Å². The van der Waals surface area contributed by atoms with Crippen LogP contribution in [0.2, 0.25) is 0 Å². The van der Waals surface area contributed by atoms with E-state index in [1.54, 1.807) is 24.3 Å². The van der Waals surface area contributed by atoms with E-state index in [2.05, 4.69) is 16.0 Å². The molecule has 35 heavy (non-hydrogen) atoms. The summed E-state index contributed by atoms with van der Waals surface area (Å²) in [4.78, 5) is 39.7. The Bertz CT molecular complexity index is 1010. The highest BCUT2D eigenvalue weighted by Gasteiger charge is 2.18. The molecule has 7 nitrogen and oxygen atoms in total. The second-order valence-corrected chi connectivity index (χ2v) is 9.57. The van der Waals surface area contributed by atoms with Gasteiger partial charge in [0, 0.05) is 41.6 Å². The molecule has 2 fully saturated rings. The van der Waals surface area contributed by atoms with Gasteiger partial charge in [0.05, 0.1) is 6.54 Å². The largest absolute Gasteiger partial charge is 0.376 e. The number of carbonyl (C=O) groups excluding carboxylic acids is 3. The van der Waals surface area contributed by atoms with Gasteiger partial charge in [-0.2, -0.15) is 0 Å². The Morgan fingerprint density at radius 3 is 2.17 bits per heavy atom. The zero-order valence-electron chi connectivity index (χ0n) is 20.4. The van der Waals surface area contributed by atoms with Gasteiger partial charge in [-0.15, -0.1) is 0 Å². The molecule has 1 aliphatic carbocycles. The number of hydrogen-bond acceptors (Lipinski definition) is 4. The fourth-order valence-electron chi connectivity index (χ4n) is 4.83. The zero-order valence-corrected chi connectivity index (χ0v) is 20.4. The third-order valence-corrected chi connectivity index (χ3v) is 6.83. The second-order valence-electron chi connectivity index (χ2n) is 9.57. The molecule has 0 unspecified atom stereocenters. The van der Waals surface area contributed by atoms with Crippen molar-refractivity contribution in [3.8, 4) is 0 Å². The van der Waals surface area contributed by atoms with Gasteiger partial charge in [-0.05, 0) is 68.1 Å². The molecule has 0 bridgehead atoms. The Labute approximate surface area is 207 Å². The van der Waals surface area contributed by atoms with E-state index >= 15 is 0 Å². The van der Waals surface area contributed by atoms with Crippen LogP contribution in [0.3, 0.4) is 0 Å². The highest BCUT2D eigenvalue weighted by molar-refractivity contribution is 5.98. The normalized spacial score (nSPS) is 16.7. The molecular formula is C28H36N4O3. The Hall–Kier alpha value is -3.35. The van der Waals surface area contributed by atoms with Crippen molar-refractivity contribution in [2.24, 2.45) is 0 Å². The number of carbonyl (C=O) groups is 3. The van der Waals surface area contributed by atoms with Gasteiger partial charge in [0.2, 0.25) is 5.91 Å². The van der Waals surface area contributed by atoms with Gasteiger partial charge >= 0.3 is 0 Å². The van der Waals surface area contributed by atoms with E-state index in [4.69, 9.17) is 0 Å². The monoisotopic (exact) mass is 476 g/mol. The molecule has 7 heteroatoms. The predicted molar refractivity (Wildman–Crippen MR) is 139 cm³/mol. The van der Waals surface area contributed by atoms with Crippen LogP contribution in [0, 0.1) is 0 Å². The fourth-order valence-corrected chi connectivity index (χ4v) is 4.83. The molecule has 1 aliphatic heterocycles. The smallest absolute Gasteiger partial charge is 0.253 e. The van der Waals surface area contributed by atoms with Gasteiger partial charge in [-0.3, -0.25) is 14.4 Å². The minimum Gasteiger partial charge on any atom is -0.376 e. The lowest BCUT2D eigenvalue weighted by molar-refractivity contribution is -0.114. The number of benzene rings is 2. The maximum atomic E-state index is 12.7. The van der Waals surface area contributed by atoms with Crippen LogP contribution in [0.4, 0.5) is 11.4 Å². The summed E-state index contributed by atoms with van der Waals surface area (Å²) in [6.45, 7) is 1.73. The summed E-state index contributed by atoms with van der Waals surface area (Å²) in [5, 5.41) is 9.05. The van der Waals surface area contributed by atoms with Crippen molar-refractivity contribution in [1.29, 1.82) is 0 Å². The molecule has 1 heterocycles. The molecule has 1 saturated carbocycles. The number of likely N-dealkylation sites (tertiary alicyclic amines) is 1. The lowest BCUT2D eigenvalue weighted by atomic mass is 9.95. The molecule has 186 valence electrons. The standard InChI is InChI=1S/C28H36N4O3/c33-26(30-25-12-8-9-22(19-25)27(34)31-24-10-4-3-5-11-24)20-29-23-15-13-21(14-16-23)28(35)32-17-6-1-2-7-18-32/h8-9,12-16,19,24,29H,1-7,10-11,17-18,20H2,(H,30,33)(H,31,34). The number of hydrogen-bond donors (Lipinski definition) is 3. The molecule has 2 aromatic rings. The summed E-state index contributed by atoms with van der Waals surface area (Å²) in [5.74, 6) is -0.232. The summed E-state index contributed by atoms with van der Waals surface area (Å²) < 4.78 is 0. The third-order valence-electron chi connectivity index (χ3n) is 6.83. The van der Waals surface area contributed by atoms with Crippen LogP contribution in [-0.4, -0.2) is 48.3 Å². The summed E-state index contributed by atoms with van der Waals surface area (Å²) >= 11 is 0. The number of rotatable bonds is 7. The minimum absolute atomic E-state index is 0.0728. The number of nitrogens with one attached hydrogen (secondary N) is 3. The first-order valence-corrected chi connectivity index (χ1v) is 12.9. The lowest BCUT2D eigenvalue weighted by Crippen LogP contribution is -2.36. The molecule has 1 saturated heterocycles. The molecule has 0 spiro atoms. The summed E-state index contributed by atoms with van der Waals surface area (Å²) in [6, 6.07) is 14.5. The molecular weight excluding hydrogens is 440 g/mol. The third kappa shape index (κ3) is 7.31. The van der Waals surface area contributed by atoms with E-state index in [0.29, 0.717) is 16.8 Å². The lowest BCUT2D eigenvalue weighted by Gasteiger charge is -2.22. The first kappa shape index (κ1) is 24.8. The summed E-state index contributed by atoms with van der Waals surface area (Å²) in [6.07, 6.45) is 10.1. The molecule has 2 aliphatic rings. The maximum Gasteiger partial charge on any atom is 0.253 e. The van der Waals surface area contributed by atoms with E-state index in [1.807, 2.05) is 29.2 Å². The van der Waals surface area contributed by atoms with Gasteiger partial charge in [-0.25, -0.2) is 0 Å². The molecule has 3 amide bonds. The van der Waals surface area contributed by atoms with Crippen molar-refractivity contribution >= 4 is 29.1 Å². The van der Waals surface area contributed by atoms with Gasteiger partial charge in [0.1, 0.15) is 0 Å². The summed E-state index contributed by atoms with van der Waals surface area (Å²) in [7, 11) is 0. The summed E-state index contributed by atoms with van der Waals surface area (Å²) in [5.41, 5.74) is 2.58. The van der Waals surface area contributed by atoms with Gasteiger partial charge < -0.3 is 20.9 Å². The Kier molecular flexibility index (Phi) is 8.76. The van der Waals surface area contributed by atoms with Crippen LogP contribution in [0.15, 0.2) is 48.5 Å². The van der Waals surface area contributed by atoms with Gasteiger partial charge in [0.15, 0.2) is 0 Å². The SMILES string of the molecule is O=C(CNc1ccc(C(=O)N2CCCCCC2)cc1)Nc1cccc(C(=O)NC2CCCCC2)c1. The molecule has 3 N–H and O–H groups in total. The van der Waals surface area contributed by atoms with Crippen molar-refractivity contribution in [3.63, 3.8) is 0 Å².